The molecule has 1 fully saturated rings. The van der Waals surface area contributed by atoms with E-state index in [2.05, 4.69) is 10.6 Å². The van der Waals surface area contributed by atoms with Gasteiger partial charge in [0.1, 0.15) is 5.82 Å². The number of benzene rings is 1. The fourth-order valence-electron chi connectivity index (χ4n) is 2.58. The number of nitrogens with one attached hydrogen (secondary N) is 2. The maximum atomic E-state index is 13.4. The summed E-state index contributed by atoms with van der Waals surface area (Å²) in [5.41, 5.74) is -0.244. The largest absolute Gasteiger partial charge is 0.378 e. The van der Waals surface area contributed by atoms with Crippen LogP contribution in [0.25, 0.3) is 0 Å². The van der Waals surface area contributed by atoms with Gasteiger partial charge in [0, 0.05) is 18.1 Å². The smallest absolute Gasteiger partial charge is 0.313 e. The van der Waals surface area contributed by atoms with E-state index in [1.807, 2.05) is 20.8 Å². The molecule has 1 aliphatic carbocycles. The number of rotatable bonds is 4. The Bertz CT molecular complexity index is 574. The molecule has 22 heavy (non-hydrogen) atoms. The van der Waals surface area contributed by atoms with E-state index in [0.29, 0.717) is 13.0 Å². The van der Waals surface area contributed by atoms with Crippen molar-refractivity contribution in [3.8, 4) is 0 Å². The van der Waals surface area contributed by atoms with Crippen LogP contribution in [0.3, 0.4) is 0 Å². The number of carbonyl (C=O) groups excluding carboxylic acids is 2. The van der Waals surface area contributed by atoms with Gasteiger partial charge in [-0.2, -0.15) is 0 Å². The van der Waals surface area contributed by atoms with Gasteiger partial charge < -0.3 is 15.4 Å². The monoisotopic (exact) mass is 308 g/mol. The highest BCUT2D eigenvalue weighted by Crippen LogP contribution is 2.42. The Labute approximate surface area is 129 Å². The normalized spacial score (nSPS) is 22.5. The summed E-state index contributed by atoms with van der Waals surface area (Å²) in [5, 5.41) is 4.95. The summed E-state index contributed by atoms with van der Waals surface area (Å²) < 4.78 is 19.0. The van der Waals surface area contributed by atoms with Crippen molar-refractivity contribution in [1.29, 1.82) is 0 Å². The molecule has 2 N–H and O–H groups in total. The van der Waals surface area contributed by atoms with Crippen molar-refractivity contribution in [2.75, 3.05) is 11.9 Å². The summed E-state index contributed by atoms with van der Waals surface area (Å²) in [6.07, 6.45) is 0.733. The van der Waals surface area contributed by atoms with Crippen LogP contribution in [0.5, 0.6) is 0 Å². The lowest BCUT2D eigenvalue weighted by Gasteiger charge is -2.51. The standard InChI is InChI=1S/C16H21FN2O3/c1-4-22-13-9-12(16(13,2)3)19-15(21)14(20)18-11-8-6-5-7-10(11)17/h5-8,12-13H,4,9H2,1-3H3,(H,18,20)(H,19,21). The van der Waals surface area contributed by atoms with Gasteiger partial charge in [-0.05, 0) is 25.5 Å². The first-order valence-electron chi connectivity index (χ1n) is 7.34. The van der Waals surface area contributed by atoms with Crippen molar-refractivity contribution in [3.63, 3.8) is 0 Å². The van der Waals surface area contributed by atoms with Crippen molar-refractivity contribution in [2.24, 2.45) is 5.41 Å². The number of para-hydroxylation sites is 1. The number of ether oxygens (including phenoxy) is 1. The molecule has 1 aliphatic rings. The SMILES string of the molecule is CCOC1CC(NC(=O)C(=O)Nc2ccccc2F)C1(C)C. The summed E-state index contributed by atoms with van der Waals surface area (Å²) in [4.78, 5) is 23.8. The second-order valence-corrected chi connectivity index (χ2v) is 5.96. The third kappa shape index (κ3) is 3.27. The molecule has 6 heteroatoms. The third-order valence-electron chi connectivity index (χ3n) is 4.18. The van der Waals surface area contributed by atoms with Gasteiger partial charge in [-0.1, -0.05) is 26.0 Å². The molecule has 2 unspecified atom stereocenters. The van der Waals surface area contributed by atoms with Gasteiger partial charge in [0.15, 0.2) is 0 Å². The molecular weight excluding hydrogens is 287 g/mol. The Morgan fingerprint density at radius 3 is 2.59 bits per heavy atom. The predicted octanol–water partition coefficient (Wildman–Crippen LogP) is 2.08. The fourth-order valence-corrected chi connectivity index (χ4v) is 2.58. The van der Waals surface area contributed by atoms with E-state index in [4.69, 9.17) is 4.74 Å². The molecule has 1 aromatic rings. The van der Waals surface area contributed by atoms with Gasteiger partial charge in [-0.25, -0.2) is 4.39 Å². The summed E-state index contributed by atoms with van der Waals surface area (Å²) in [5.74, 6) is -2.22. The van der Waals surface area contributed by atoms with Crippen LogP contribution in [0, 0.1) is 11.2 Å². The van der Waals surface area contributed by atoms with E-state index in [9.17, 15) is 14.0 Å². The zero-order chi connectivity index (χ0) is 16.3. The van der Waals surface area contributed by atoms with Crippen LogP contribution < -0.4 is 10.6 Å². The zero-order valence-electron chi connectivity index (χ0n) is 13.0. The van der Waals surface area contributed by atoms with Gasteiger partial charge in [0.2, 0.25) is 0 Å². The van der Waals surface area contributed by atoms with Crippen LogP contribution >= 0.6 is 0 Å². The van der Waals surface area contributed by atoms with Crippen LogP contribution in [0.4, 0.5) is 10.1 Å². The number of carbonyl (C=O) groups is 2. The first kappa shape index (κ1) is 16.4. The summed E-state index contributed by atoms with van der Waals surface area (Å²) in [6.45, 7) is 6.50. The minimum absolute atomic E-state index is 0.0114. The Morgan fingerprint density at radius 1 is 1.32 bits per heavy atom. The Hall–Kier alpha value is -1.95. The van der Waals surface area contributed by atoms with Crippen LogP contribution in [-0.4, -0.2) is 30.6 Å². The molecule has 0 saturated heterocycles. The zero-order valence-corrected chi connectivity index (χ0v) is 13.0. The number of hydrogen-bond donors (Lipinski definition) is 2. The van der Waals surface area contributed by atoms with Crippen molar-refractivity contribution in [2.45, 2.75) is 39.3 Å². The average molecular weight is 308 g/mol. The van der Waals surface area contributed by atoms with E-state index in [0.717, 1.165) is 0 Å². The fraction of sp³-hybridized carbons (Fsp3) is 0.500. The second-order valence-electron chi connectivity index (χ2n) is 5.96. The molecule has 5 nitrogen and oxygen atoms in total. The predicted molar refractivity (Wildman–Crippen MR) is 80.8 cm³/mol. The average Bonchev–Trinajstić information content (AvgIpc) is 2.48. The minimum atomic E-state index is -0.874. The highest BCUT2D eigenvalue weighted by Gasteiger charge is 2.49. The van der Waals surface area contributed by atoms with E-state index < -0.39 is 17.6 Å². The first-order valence-corrected chi connectivity index (χ1v) is 7.34. The number of hydrogen-bond acceptors (Lipinski definition) is 3. The maximum Gasteiger partial charge on any atom is 0.313 e. The van der Waals surface area contributed by atoms with Gasteiger partial charge in [0.05, 0.1) is 11.8 Å². The Balaban J connectivity index is 1.91. The first-order chi connectivity index (χ1) is 10.4. The molecule has 0 heterocycles. The van der Waals surface area contributed by atoms with Crippen molar-refractivity contribution in [3.05, 3.63) is 30.1 Å². The molecule has 1 saturated carbocycles. The molecule has 0 aliphatic heterocycles. The van der Waals surface area contributed by atoms with Crippen molar-refractivity contribution >= 4 is 17.5 Å². The summed E-state index contributed by atoms with van der Waals surface area (Å²) in [6, 6.07) is 5.57. The Kier molecular flexibility index (Phi) is 4.81. The van der Waals surface area contributed by atoms with Crippen LogP contribution in [-0.2, 0) is 14.3 Å². The molecule has 1 aromatic carbocycles. The van der Waals surface area contributed by atoms with Gasteiger partial charge in [0.25, 0.3) is 0 Å². The van der Waals surface area contributed by atoms with E-state index in [-0.39, 0.29) is 23.2 Å². The molecular formula is C16H21FN2O3. The van der Waals surface area contributed by atoms with Crippen molar-refractivity contribution in [1.82, 2.24) is 5.32 Å². The molecule has 0 bridgehead atoms. The number of amides is 2. The molecule has 2 amide bonds. The second kappa shape index (κ2) is 6.44. The van der Waals surface area contributed by atoms with E-state index >= 15 is 0 Å². The lowest BCUT2D eigenvalue weighted by Crippen LogP contribution is -2.63. The highest BCUT2D eigenvalue weighted by molar-refractivity contribution is 6.39. The maximum absolute atomic E-state index is 13.4. The van der Waals surface area contributed by atoms with E-state index in [1.54, 1.807) is 6.07 Å². The molecule has 0 radical (unpaired) electrons. The van der Waals surface area contributed by atoms with Crippen molar-refractivity contribution < 1.29 is 18.7 Å². The van der Waals surface area contributed by atoms with Crippen LogP contribution in [0.2, 0.25) is 0 Å². The highest BCUT2D eigenvalue weighted by atomic mass is 19.1. The van der Waals surface area contributed by atoms with Gasteiger partial charge in [-0.3, -0.25) is 9.59 Å². The van der Waals surface area contributed by atoms with Gasteiger partial charge >= 0.3 is 11.8 Å². The minimum Gasteiger partial charge on any atom is -0.378 e. The summed E-state index contributed by atoms with van der Waals surface area (Å²) >= 11 is 0. The molecule has 2 atom stereocenters. The topological polar surface area (TPSA) is 67.4 Å². The lowest BCUT2D eigenvalue weighted by molar-refractivity contribution is -0.144. The molecule has 120 valence electrons. The molecule has 0 aromatic heterocycles. The van der Waals surface area contributed by atoms with Crippen LogP contribution in [0.15, 0.2) is 24.3 Å². The molecule has 2 rings (SSSR count). The number of anilines is 1. The molecule has 0 spiro atoms. The lowest BCUT2D eigenvalue weighted by atomic mass is 9.64. The number of halogens is 1. The van der Waals surface area contributed by atoms with Gasteiger partial charge in [-0.15, -0.1) is 0 Å². The quantitative estimate of drug-likeness (QED) is 0.837. The summed E-state index contributed by atoms with van der Waals surface area (Å²) in [7, 11) is 0. The van der Waals surface area contributed by atoms with E-state index in [1.165, 1.54) is 18.2 Å². The van der Waals surface area contributed by atoms with Crippen LogP contribution in [0.1, 0.15) is 27.2 Å². The Morgan fingerprint density at radius 2 is 2.00 bits per heavy atom. The third-order valence-corrected chi connectivity index (χ3v) is 4.18.